The van der Waals surface area contributed by atoms with Gasteiger partial charge in [-0.25, -0.2) is 8.78 Å². The van der Waals surface area contributed by atoms with Crippen LogP contribution in [0.2, 0.25) is 12.1 Å². The molecule has 0 unspecified atom stereocenters. The number of alkyl halides is 5. The van der Waals surface area contributed by atoms with Crippen LogP contribution in [0.4, 0.5) is 22.0 Å². The van der Waals surface area contributed by atoms with E-state index in [9.17, 15) is 22.0 Å². The minimum absolute atomic E-state index is 0.0000617. The van der Waals surface area contributed by atoms with Gasteiger partial charge < -0.3 is 0 Å². The summed E-state index contributed by atoms with van der Waals surface area (Å²) in [6.07, 6.45) is 0. The van der Waals surface area contributed by atoms with Crippen molar-refractivity contribution in [2.24, 2.45) is 0 Å². The van der Waals surface area contributed by atoms with E-state index in [1.165, 1.54) is 0 Å². The minimum atomic E-state index is -4.05. The molecule has 0 aliphatic rings. The molecule has 0 radical (unpaired) electrons. The molecule has 11 heavy (non-hydrogen) atoms. The van der Waals surface area contributed by atoms with E-state index in [1.54, 1.807) is 0 Å². The average molecular weight is 208 g/mol. The lowest BCUT2D eigenvalue weighted by Crippen LogP contribution is -2.18. The third kappa shape index (κ3) is 10.1. The van der Waals surface area contributed by atoms with Crippen molar-refractivity contribution >= 4 is 19.0 Å². The predicted molar refractivity (Wildman–Crippen MR) is 38.8 cm³/mol. The fourth-order valence-electron chi connectivity index (χ4n) is 0.624. The van der Waals surface area contributed by atoms with Crippen molar-refractivity contribution in [2.75, 3.05) is 0 Å². The molecule has 0 amide bonds. The number of hydrogen-bond donors (Lipinski definition) is 0. The summed E-state index contributed by atoms with van der Waals surface area (Å²) in [5, 5.41) is 0. The van der Waals surface area contributed by atoms with E-state index >= 15 is 0 Å². The monoisotopic (exact) mass is 208 g/mol. The number of hydrogen-bond acceptors (Lipinski definition) is 0. The van der Waals surface area contributed by atoms with E-state index in [0.717, 1.165) is 0 Å². The molecule has 0 nitrogen and oxygen atoms in total. The zero-order chi connectivity index (χ0) is 8.91. The van der Waals surface area contributed by atoms with Gasteiger partial charge in [0, 0.05) is 0 Å². The molecule has 0 aromatic carbocycles. The molecule has 0 aliphatic heterocycles. The molecular formula is C4H9F5Si2. The average Bonchev–Trinajstić information content (AvgIpc) is 1.78. The van der Waals surface area contributed by atoms with Gasteiger partial charge >= 0.3 is 5.80 Å². The normalized spacial score (nSPS) is 14.7. The molecule has 0 fully saturated rings. The van der Waals surface area contributed by atoms with E-state index in [4.69, 9.17) is 0 Å². The van der Waals surface area contributed by atoms with Crippen molar-refractivity contribution in [3.05, 3.63) is 0 Å². The maximum atomic E-state index is 11.5. The van der Waals surface area contributed by atoms with Crippen LogP contribution in [0.5, 0.6) is 0 Å². The van der Waals surface area contributed by atoms with E-state index in [2.05, 4.69) is 0 Å². The Morgan fingerprint density at radius 2 is 1.64 bits per heavy atom. The Hall–Kier alpha value is 0.0838. The zero-order valence-electron chi connectivity index (χ0n) is 5.80. The fraction of sp³-hybridized carbons (Fsp3) is 1.00. The molecule has 0 N–H and O–H groups in total. The standard InChI is InChI=1S/C4H9F5Si2/c5-3(6)10-1-2-11-4(7,8)9/h3H,1-2,10-11H2. The summed E-state index contributed by atoms with van der Waals surface area (Å²) in [5.41, 5.74) is 0. The highest BCUT2D eigenvalue weighted by Gasteiger charge is 2.26. The molecule has 0 heterocycles. The molecule has 0 aromatic rings. The lowest BCUT2D eigenvalue weighted by molar-refractivity contribution is -0.0471. The van der Waals surface area contributed by atoms with Gasteiger partial charge in [0.15, 0.2) is 9.52 Å². The van der Waals surface area contributed by atoms with Crippen LogP contribution in [0.3, 0.4) is 0 Å². The molecule has 68 valence electrons. The summed E-state index contributed by atoms with van der Waals surface area (Å²) in [6.45, 7) is 0. The first-order valence-electron chi connectivity index (χ1n) is 3.27. The number of halogens is 5. The maximum Gasteiger partial charge on any atom is 0.354 e. The first kappa shape index (κ1) is 11.1. The van der Waals surface area contributed by atoms with Gasteiger partial charge in [-0.3, -0.25) is 0 Å². The molecule has 0 aliphatic carbocycles. The maximum absolute atomic E-state index is 11.5. The van der Waals surface area contributed by atoms with Crippen molar-refractivity contribution in [2.45, 2.75) is 23.9 Å². The summed E-state index contributed by atoms with van der Waals surface area (Å²) >= 11 is 0. The van der Waals surface area contributed by atoms with Crippen LogP contribution in [-0.2, 0) is 0 Å². The highest BCUT2D eigenvalue weighted by molar-refractivity contribution is 6.43. The zero-order valence-corrected chi connectivity index (χ0v) is 8.62. The van der Waals surface area contributed by atoms with Gasteiger partial charge in [-0.2, -0.15) is 13.2 Å². The summed E-state index contributed by atoms with van der Waals surface area (Å²) < 4.78 is 57.3. The Bertz CT molecular complexity index is 101. The molecule has 0 spiro atoms. The first-order chi connectivity index (χ1) is 4.92. The third-order valence-electron chi connectivity index (χ3n) is 1.13. The molecule has 0 rings (SSSR count). The highest BCUT2D eigenvalue weighted by atomic mass is 28.2. The Balaban J connectivity index is 3.15. The highest BCUT2D eigenvalue weighted by Crippen LogP contribution is 2.14. The predicted octanol–water partition coefficient (Wildman–Crippen LogP) is 0.903. The summed E-state index contributed by atoms with van der Waals surface area (Å²) in [4.78, 5) is 0. The fourth-order valence-corrected chi connectivity index (χ4v) is 3.49. The van der Waals surface area contributed by atoms with Crippen LogP contribution in [0.25, 0.3) is 0 Å². The molecule has 0 saturated heterocycles. The van der Waals surface area contributed by atoms with Crippen molar-refractivity contribution in [3.63, 3.8) is 0 Å². The van der Waals surface area contributed by atoms with Crippen LogP contribution in [-0.4, -0.2) is 30.9 Å². The molecule has 7 heteroatoms. The second kappa shape index (κ2) is 4.86. The van der Waals surface area contributed by atoms with Gasteiger partial charge in [-0.15, -0.1) is 0 Å². The Morgan fingerprint density at radius 1 is 1.09 bits per heavy atom. The van der Waals surface area contributed by atoms with Crippen molar-refractivity contribution in [3.8, 4) is 0 Å². The van der Waals surface area contributed by atoms with Crippen LogP contribution in [0.15, 0.2) is 0 Å². The minimum Gasteiger partial charge on any atom is -0.216 e. The summed E-state index contributed by atoms with van der Waals surface area (Å²) in [5.74, 6) is -4.05. The lowest BCUT2D eigenvalue weighted by atomic mass is 10.9. The van der Waals surface area contributed by atoms with Crippen LogP contribution < -0.4 is 0 Å². The van der Waals surface area contributed by atoms with E-state index in [1.807, 2.05) is 0 Å². The third-order valence-corrected chi connectivity index (χ3v) is 4.90. The van der Waals surface area contributed by atoms with Gasteiger partial charge in [-0.05, 0) is 0 Å². The SMILES string of the molecule is FC(F)[SiH2]CC[SiH2]C(F)(F)F. The summed E-state index contributed by atoms with van der Waals surface area (Å²) in [7, 11) is -3.61. The second-order valence-corrected chi connectivity index (χ2v) is 6.16. The smallest absolute Gasteiger partial charge is 0.216 e. The second-order valence-electron chi connectivity index (χ2n) is 2.25. The summed E-state index contributed by atoms with van der Waals surface area (Å²) in [6, 6.07) is -2.18. The van der Waals surface area contributed by atoms with Gasteiger partial charge in [0.05, 0.1) is 0 Å². The largest absolute Gasteiger partial charge is 0.354 e. The Morgan fingerprint density at radius 3 is 2.00 bits per heavy atom. The molecule has 0 aromatic heterocycles. The first-order valence-corrected chi connectivity index (χ1v) is 6.79. The number of rotatable bonds is 4. The van der Waals surface area contributed by atoms with E-state index in [-0.39, 0.29) is 12.1 Å². The Labute approximate surface area is 65.8 Å². The molecule has 0 bridgehead atoms. The Kier molecular flexibility index (Phi) is 4.90. The van der Waals surface area contributed by atoms with Crippen molar-refractivity contribution in [1.29, 1.82) is 0 Å². The molecule has 0 atom stereocenters. The quantitative estimate of drug-likeness (QED) is 0.366. The lowest BCUT2D eigenvalue weighted by Gasteiger charge is -2.03. The van der Waals surface area contributed by atoms with Crippen molar-refractivity contribution < 1.29 is 22.0 Å². The van der Waals surface area contributed by atoms with Gasteiger partial charge in [0.2, 0.25) is 6.05 Å². The van der Waals surface area contributed by atoms with Gasteiger partial charge in [0.1, 0.15) is 9.52 Å². The van der Waals surface area contributed by atoms with Crippen molar-refractivity contribution in [1.82, 2.24) is 0 Å². The molecule has 0 saturated carbocycles. The molecular weight excluding hydrogens is 199 g/mol. The van der Waals surface area contributed by atoms with E-state index < -0.39 is 30.9 Å². The van der Waals surface area contributed by atoms with Crippen LogP contribution >= 0.6 is 0 Å². The topological polar surface area (TPSA) is 0 Å². The van der Waals surface area contributed by atoms with Crippen LogP contribution in [0.1, 0.15) is 0 Å². The van der Waals surface area contributed by atoms with E-state index in [0.29, 0.717) is 0 Å². The van der Waals surface area contributed by atoms with Gasteiger partial charge in [-0.1, -0.05) is 12.1 Å². The van der Waals surface area contributed by atoms with Crippen LogP contribution in [0, 0.1) is 0 Å². The van der Waals surface area contributed by atoms with Gasteiger partial charge in [0.25, 0.3) is 0 Å².